The van der Waals surface area contributed by atoms with E-state index in [0.29, 0.717) is 0 Å². The van der Waals surface area contributed by atoms with Crippen LogP contribution in [-0.4, -0.2) is 70.0 Å². The fourth-order valence-corrected chi connectivity index (χ4v) is 6.37. The molecule has 0 aromatic carbocycles. The molecule has 33 heavy (non-hydrogen) atoms. The highest BCUT2D eigenvalue weighted by Crippen LogP contribution is 2.34. The van der Waals surface area contributed by atoms with Crippen molar-refractivity contribution in [3.05, 3.63) is 36.4 Å². The summed E-state index contributed by atoms with van der Waals surface area (Å²) in [6.07, 6.45) is 18.7. The zero-order chi connectivity index (χ0) is 22.0. The van der Waals surface area contributed by atoms with Crippen molar-refractivity contribution in [2.24, 2.45) is 5.92 Å². The van der Waals surface area contributed by atoms with E-state index >= 15 is 0 Å². The van der Waals surface area contributed by atoms with Crippen LogP contribution in [0.2, 0.25) is 0 Å². The first kappa shape index (κ1) is 21.2. The maximum Gasteiger partial charge on any atom is 0.0774 e. The number of hydrogen-bond donors (Lipinski definition) is 2. The van der Waals surface area contributed by atoms with Gasteiger partial charge < -0.3 is 10.2 Å². The van der Waals surface area contributed by atoms with Gasteiger partial charge in [-0.25, -0.2) is 4.52 Å². The van der Waals surface area contributed by atoms with Gasteiger partial charge in [0.25, 0.3) is 0 Å². The lowest BCUT2D eigenvalue weighted by atomic mass is 9.84. The lowest BCUT2D eigenvalue weighted by molar-refractivity contribution is 0.150. The van der Waals surface area contributed by atoms with Gasteiger partial charge in [-0.15, -0.1) is 0 Å². The summed E-state index contributed by atoms with van der Waals surface area (Å²) in [7, 11) is 0. The number of piperazine rings is 1. The summed E-state index contributed by atoms with van der Waals surface area (Å²) < 4.78 is 2.14. The minimum atomic E-state index is 0.742. The topological polar surface area (TPSA) is 64.5 Å². The van der Waals surface area contributed by atoms with Crippen molar-refractivity contribution in [2.75, 3.05) is 44.2 Å². The van der Waals surface area contributed by atoms with E-state index in [1.807, 2.05) is 18.6 Å². The van der Waals surface area contributed by atoms with E-state index in [4.69, 9.17) is 5.10 Å². The van der Waals surface area contributed by atoms with Gasteiger partial charge in [-0.05, 0) is 36.8 Å². The molecular weight excluding hydrogens is 410 g/mol. The van der Waals surface area contributed by atoms with Gasteiger partial charge in [0, 0.05) is 62.6 Å². The Morgan fingerprint density at radius 3 is 2.52 bits per heavy atom. The summed E-state index contributed by atoms with van der Waals surface area (Å²) in [5.74, 6) is 0.795. The van der Waals surface area contributed by atoms with Crippen molar-refractivity contribution >= 4 is 11.2 Å². The Morgan fingerprint density at radius 2 is 1.76 bits per heavy atom. The minimum absolute atomic E-state index is 0.742. The first-order valence-electron chi connectivity index (χ1n) is 13.0. The molecule has 7 nitrogen and oxygen atoms in total. The number of aromatic amines is 1. The molecule has 3 fully saturated rings. The van der Waals surface area contributed by atoms with Crippen LogP contribution in [0.15, 0.2) is 30.9 Å². The zero-order valence-corrected chi connectivity index (χ0v) is 19.7. The number of aromatic nitrogens is 4. The molecule has 0 atom stereocenters. The summed E-state index contributed by atoms with van der Waals surface area (Å²) in [6.45, 7) is 6.95. The summed E-state index contributed by atoms with van der Waals surface area (Å²) in [6, 6.07) is 3.23. The maximum atomic E-state index is 4.81. The second-order valence-electron chi connectivity index (χ2n) is 10.3. The average molecular weight is 448 g/mol. The molecule has 0 unspecified atom stereocenters. The monoisotopic (exact) mass is 447 g/mol. The molecule has 1 saturated carbocycles. The highest BCUT2D eigenvalue weighted by Gasteiger charge is 2.27. The molecule has 3 aliphatic rings. The average Bonchev–Trinajstić information content (AvgIpc) is 3.55. The molecule has 176 valence electrons. The summed E-state index contributed by atoms with van der Waals surface area (Å²) in [4.78, 5) is 5.30. The molecule has 2 N–H and O–H groups in total. The molecule has 6 rings (SSSR count). The van der Waals surface area contributed by atoms with Gasteiger partial charge in [0.1, 0.15) is 0 Å². The molecule has 0 bridgehead atoms. The lowest BCUT2D eigenvalue weighted by Crippen LogP contribution is -2.52. The number of fused-ring (bicyclic) bond motifs is 1. The highest BCUT2D eigenvalue weighted by atomic mass is 15.3. The largest absolute Gasteiger partial charge is 0.370 e. The predicted molar refractivity (Wildman–Crippen MR) is 133 cm³/mol. The first-order valence-corrected chi connectivity index (χ1v) is 13.0. The number of rotatable bonds is 5. The second-order valence-corrected chi connectivity index (χ2v) is 10.3. The zero-order valence-electron chi connectivity index (χ0n) is 19.7. The number of pyridine rings is 1. The van der Waals surface area contributed by atoms with E-state index in [1.165, 1.54) is 80.4 Å². The number of piperidine rings is 1. The van der Waals surface area contributed by atoms with Crippen molar-refractivity contribution in [2.45, 2.75) is 57.4 Å². The van der Waals surface area contributed by atoms with Crippen molar-refractivity contribution in [1.29, 1.82) is 0 Å². The third kappa shape index (κ3) is 4.41. The van der Waals surface area contributed by atoms with Crippen LogP contribution in [0.3, 0.4) is 0 Å². The van der Waals surface area contributed by atoms with Crippen LogP contribution in [0, 0.1) is 5.92 Å². The molecular formula is C26H37N7. The quantitative estimate of drug-likeness (QED) is 0.624. The predicted octanol–water partition coefficient (Wildman–Crippen LogP) is 3.72. The van der Waals surface area contributed by atoms with Crippen LogP contribution < -0.4 is 10.2 Å². The number of nitrogens with zero attached hydrogens (tertiary/aromatic N) is 5. The van der Waals surface area contributed by atoms with Crippen molar-refractivity contribution in [3.8, 4) is 11.1 Å². The van der Waals surface area contributed by atoms with Crippen molar-refractivity contribution in [3.63, 3.8) is 0 Å². The third-order valence-electron chi connectivity index (χ3n) is 8.22. The van der Waals surface area contributed by atoms with Crippen LogP contribution in [-0.2, 0) is 6.42 Å². The number of nitrogens with one attached hydrogen (secondary N) is 2. The van der Waals surface area contributed by atoms with Crippen LogP contribution in [0.25, 0.3) is 16.6 Å². The van der Waals surface area contributed by atoms with Crippen molar-refractivity contribution in [1.82, 2.24) is 30.0 Å². The Hall–Kier alpha value is -2.38. The van der Waals surface area contributed by atoms with Crippen LogP contribution in [0.5, 0.6) is 0 Å². The molecule has 7 heteroatoms. The molecule has 0 amide bonds. The normalized spacial score (nSPS) is 21.8. The number of hydrogen-bond acceptors (Lipinski definition) is 5. The minimum Gasteiger partial charge on any atom is -0.370 e. The Kier molecular flexibility index (Phi) is 6.08. The number of anilines is 1. The fourth-order valence-electron chi connectivity index (χ4n) is 6.37. The molecule has 1 aliphatic carbocycles. The van der Waals surface area contributed by atoms with E-state index in [0.717, 1.165) is 50.1 Å². The van der Waals surface area contributed by atoms with E-state index in [2.05, 4.69) is 42.1 Å². The van der Waals surface area contributed by atoms with Crippen LogP contribution >= 0.6 is 0 Å². The van der Waals surface area contributed by atoms with Crippen LogP contribution in [0.1, 0.15) is 50.5 Å². The van der Waals surface area contributed by atoms with Gasteiger partial charge in [0.15, 0.2) is 0 Å². The van der Waals surface area contributed by atoms with Crippen LogP contribution in [0.4, 0.5) is 5.69 Å². The SMILES string of the molecule is c1n[nH]cc1-c1cnn2cc(N3CCC(N4CCNCC4)CC3)cc(CC3CCCCC3)c12. The molecule has 3 aromatic rings. The van der Waals surface area contributed by atoms with Gasteiger partial charge in [-0.2, -0.15) is 10.2 Å². The Balaban J connectivity index is 1.28. The maximum absolute atomic E-state index is 4.81. The van der Waals surface area contributed by atoms with Gasteiger partial charge in [-0.1, -0.05) is 32.1 Å². The van der Waals surface area contributed by atoms with Gasteiger partial charge >= 0.3 is 0 Å². The Bertz CT molecular complexity index is 1040. The molecule has 5 heterocycles. The molecule has 0 radical (unpaired) electrons. The molecule has 2 saturated heterocycles. The molecule has 2 aliphatic heterocycles. The highest BCUT2D eigenvalue weighted by molar-refractivity contribution is 5.83. The van der Waals surface area contributed by atoms with E-state index in [9.17, 15) is 0 Å². The standard InChI is InChI=1S/C26H37N7/c1-2-4-20(5-3-1)14-21-15-24(19-33-26(21)25(18-30-33)22-16-28-29-17-22)31-10-6-23(7-11-31)32-12-8-27-9-13-32/h15-20,23,27H,1-14H2,(H,28,29). The van der Waals surface area contributed by atoms with Gasteiger partial charge in [0.2, 0.25) is 0 Å². The lowest BCUT2D eigenvalue weighted by Gasteiger charge is -2.41. The van der Waals surface area contributed by atoms with Crippen molar-refractivity contribution < 1.29 is 0 Å². The van der Waals surface area contributed by atoms with E-state index in [1.54, 1.807) is 0 Å². The van der Waals surface area contributed by atoms with Gasteiger partial charge in [-0.3, -0.25) is 10.00 Å². The fraction of sp³-hybridized carbons (Fsp3) is 0.615. The third-order valence-corrected chi connectivity index (χ3v) is 8.22. The molecule has 3 aromatic heterocycles. The van der Waals surface area contributed by atoms with Gasteiger partial charge in [0.05, 0.1) is 29.8 Å². The number of H-pyrrole nitrogens is 1. The Morgan fingerprint density at radius 1 is 0.939 bits per heavy atom. The summed E-state index contributed by atoms with van der Waals surface area (Å²) >= 11 is 0. The molecule has 0 spiro atoms. The second kappa shape index (κ2) is 9.47. The Labute approximate surface area is 196 Å². The summed E-state index contributed by atoms with van der Waals surface area (Å²) in [5.41, 5.74) is 6.38. The van der Waals surface area contributed by atoms with E-state index < -0.39 is 0 Å². The summed E-state index contributed by atoms with van der Waals surface area (Å²) in [5, 5.41) is 15.5. The first-order chi connectivity index (χ1) is 16.3. The van der Waals surface area contributed by atoms with E-state index in [-0.39, 0.29) is 0 Å². The smallest absolute Gasteiger partial charge is 0.0774 e.